The summed E-state index contributed by atoms with van der Waals surface area (Å²) in [5, 5.41) is 0. The van der Waals surface area contributed by atoms with E-state index in [9.17, 15) is 0 Å². The highest BCUT2D eigenvalue weighted by Gasteiger charge is 2.04. The van der Waals surface area contributed by atoms with Crippen LogP contribution in [0.2, 0.25) is 0 Å². The Hall–Kier alpha value is -0.970. The summed E-state index contributed by atoms with van der Waals surface area (Å²) < 4.78 is 10.1. The van der Waals surface area contributed by atoms with Crippen LogP contribution in [0.4, 0.5) is 0 Å². The predicted octanol–water partition coefficient (Wildman–Crippen LogP) is 1.40. The molecule has 0 aliphatic heterocycles. The number of thioether (sulfide) groups is 1. The fourth-order valence-electron chi connectivity index (χ4n) is 0.964. The largest absolute Gasteiger partial charge is 0.481 e. The number of methoxy groups -OCH3 is 2. The van der Waals surface area contributed by atoms with Crippen LogP contribution >= 0.6 is 11.8 Å². The van der Waals surface area contributed by atoms with Crippen LogP contribution in [-0.2, 0) is 6.42 Å². The van der Waals surface area contributed by atoms with Crippen LogP contribution in [0.1, 0.15) is 5.82 Å². The topological polar surface area (TPSA) is 44.2 Å². The molecular formula is C9H14N2O2S. The third kappa shape index (κ3) is 3.06. The molecule has 78 valence electrons. The van der Waals surface area contributed by atoms with Crippen LogP contribution in [0.25, 0.3) is 0 Å². The molecule has 0 aliphatic carbocycles. The Morgan fingerprint density at radius 1 is 1.21 bits per heavy atom. The first-order valence-corrected chi connectivity index (χ1v) is 5.64. The fraction of sp³-hybridized carbons (Fsp3) is 0.556. The first-order valence-electron chi connectivity index (χ1n) is 4.25. The van der Waals surface area contributed by atoms with Crippen molar-refractivity contribution in [3.63, 3.8) is 0 Å². The molecule has 0 amide bonds. The average molecular weight is 214 g/mol. The minimum atomic E-state index is 0.549. The average Bonchev–Trinajstić information content (AvgIpc) is 2.25. The lowest BCUT2D eigenvalue weighted by molar-refractivity contribution is 0.368. The van der Waals surface area contributed by atoms with Crippen molar-refractivity contribution >= 4 is 11.8 Å². The van der Waals surface area contributed by atoms with Gasteiger partial charge in [-0.2, -0.15) is 21.7 Å². The molecule has 14 heavy (non-hydrogen) atoms. The number of nitrogens with zero attached hydrogens (tertiary/aromatic N) is 2. The van der Waals surface area contributed by atoms with E-state index in [1.54, 1.807) is 32.0 Å². The number of aromatic nitrogens is 2. The molecule has 1 heterocycles. The summed E-state index contributed by atoms with van der Waals surface area (Å²) in [6, 6.07) is 1.67. The quantitative estimate of drug-likeness (QED) is 0.741. The van der Waals surface area contributed by atoms with Crippen molar-refractivity contribution in [2.75, 3.05) is 26.2 Å². The van der Waals surface area contributed by atoms with Crippen LogP contribution < -0.4 is 9.47 Å². The molecule has 1 rings (SSSR count). The Bertz CT molecular complexity index is 272. The van der Waals surface area contributed by atoms with Gasteiger partial charge in [-0.3, -0.25) is 0 Å². The monoisotopic (exact) mass is 214 g/mol. The van der Waals surface area contributed by atoms with Crippen molar-refractivity contribution in [2.45, 2.75) is 6.42 Å². The molecule has 1 aromatic rings. The third-order valence-electron chi connectivity index (χ3n) is 1.67. The van der Waals surface area contributed by atoms with Crippen molar-refractivity contribution in [1.29, 1.82) is 0 Å². The van der Waals surface area contributed by atoms with Crippen molar-refractivity contribution in [3.05, 3.63) is 11.9 Å². The highest BCUT2D eigenvalue weighted by Crippen LogP contribution is 2.15. The van der Waals surface area contributed by atoms with Crippen LogP contribution in [0, 0.1) is 0 Å². The predicted molar refractivity (Wildman–Crippen MR) is 57.2 cm³/mol. The number of rotatable bonds is 5. The molecule has 0 aromatic carbocycles. The third-order valence-corrected chi connectivity index (χ3v) is 2.29. The number of hydrogen-bond acceptors (Lipinski definition) is 5. The lowest BCUT2D eigenvalue weighted by Gasteiger charge is -2.05. The van der Waals surface area contributed by atoms with Gasteiger partial charge >= 0.3 is 0 Å². The maximum absolute atomic E-state index is 5.04. The Labute approximate surface area is 88.0 Å². The zero-order valence-electron chi connectivity index (χ0n) is 8.61. The van der Waals surface area contributed by atoms with Gasteiger partial charge in [0.25, 0.3) is 0 Å². The van der Waals surface area contributed by atoms with E-state index in [2.05, 4.69) is 16.2 Å². The van der Waals surface area contributed by atoms with Gasteiger partial charge in [0.15, 0.2) is 0 Å². The summed E-state index contributed by atoms with van der Waals surface area (Å²) in [6.07, 6.45) is 2.88. The van der Waals surface area contributed by atoms with E-state index >= 15 is 0 Å². The highest BCUT2D eigenvalue weighted by molar-refractivity contribution is 7.98. The molecule has 0 saturated carbocycles. The number of ether oxygens (including phenoxy) is 2. The van der Waals surface area contributed by atoms with E-state index in [4.69, 9.17) is 9.47 Å². The Balaban J connectivity index is 2.81. The molecule has 0 radical (unpaired) electrons. The zero-order chi connectivity index (χ0) is 10.4. The molecule has 0 spiro atoms. The number of hydrogen-bond donors (Lipinski definition) is 0. The molecule has 0 fully saturated rings. The van der Waals surface area contributed by atoms with Gasteiger partial charge in [-0.25, -0.2) is 0 Å². The zero-order valence-corrected chi connectivity index (χ0v) is 9.43. The maximum atomic E-state index is 5.04. The molecule has 4 nitrogen and oxygen atoms in total. The Morgan fingerprint density at radius 2 is 1.79 bits per heavy atom. The van der Waals surface area contributed by atoms with Gasteiger partial charge in [0.1, 0.15) is 5.82 Å². The highest BCUT2D eigenvalue weighted by atomic mass is 32.2. The van der Waals surface area contributed by atoms with Crippen LogP contribution in [0.5, 0.6) is 11.8 Å². The van der Waals surface area contributed by atoms with E-state index < -0.39 is 0 Å². The first-order chi connectivity index (χ1) is 6.80. The summed E-state index contributed by atoms with van der Waals surface area (Å²) in [6.45, 7) is 0. The van der Waals surface area contributed by atoms with Crippen LogP contribution in [0.15, 0.2) is 6.07 Å². The van der Waals surface area contributed by atoms with Gasteiger partial charge in [0.05, 0.1) is 20.3 Å². The summed E-state index contributed by atoms with van der Waals surface area (Å²) in [4.78, 5) is 8.42. The first kappa shape index (κ1) is 11.1. The Kier molecular flexibility index (Phi) is 4.52. The second kappa shape index (κ2) is 5.70. The maximum Gasteiger partial charge on any atom is 0.220 e. The van der Waals surface area contributed by atoms with Crippen molar-refractivity contribution < 1.29 is 9.47 Å². The summed E-state index contributed by atoms with van der Waals surface area (Å²) >= 11 is 1.76. The smallest absolute Gasteiger partial charge is 0.220 e. The molecule has 0 bridgehead atoms. The van der Waals surface area contributed by atoms with Gasteiger partial charge in [-0.1, -0.05) is 0 Å². The van der Waals surface area contributed by atoms with Gasteiger partial charge in [-0.05, 0) is 6.26 Å². The van der Waals surface area contributed by atoms with Crippen molar-refractivity contribution in [1.82, 2.24) is 9.97 Å². The number of aryl methyl sites for hydroxylation is 1. The van der Waals surface area contributed by atoms with E-state index in [1.165, 1.54) is 0 Å². The molecule has 0 saturated heterocycles. The summed E-state index contributed by atoms with van der Waals surface area (Å²) in [7, 11) is 3.17. The van der Waals surface area contributed by atoms with Crippen LogP contribution in [0.3, 0.4) is 0 Å². The van der Waals surface area contributed by atoms with Gasteiger partial charge in [0, 0.05) is 12.2 Å². The second-order valence-electron chi connectivity index (χ2n) is 2.61. The minimum absolute atomic E-state index is 0.549. The SMILES string of the molecule is COc1cc(OC)nc(CCSC)n1. The Morgan fingerprint density at radius 3 is 2.21 bits per heavy atom. The second-order valence-corrected chi connectivity index (χ2v) is 3.60. The standard InChI is InChI=1S/C9H14N2O2S/c1-12-8-6-9(13-2)11-7(10-8)4-5-14-3/h6H,4-5H2,1-3H3. The van der Waals surface area contributed by atoms with E-state index in [0.29, 0.717) is 11.8 Å². The summed E-state index contributed by atoms with van der Waals surface area (Å²) in [5.74, 6) is 2.85. The van der Waals surface area contributed by atoms with Crippen molar-refractivity contribution in [3.8, 4) is 11.8 Å². The van der Waals surface area contributed by atoms with E-state index in [0.717, 1.165) is 18.0 Å². The minimum Gasteiger partial charge on any atom is -0.481 e. The molecule has 0 aliphatic rings. The molecule has 5 heteroatoms. The summed E-state index contributed by atoms with van der Waals surface area (Å²) in [5.41, 5.74) is 0. The molecule has 0 unspecified atom stereocenters. The lowest BCUT2D eigenvalue weighted by Crippen LogP contribution is -2.01. The molecule has 1 aromatic heterocycles. The van der Waals surface area contributed by atoms with Crippen molar-refractivity contribution in [2.24, 2.45) is 0 Å². The van der Waals surface area contributed by atoms with Gasteiger partial charge in [0.2, 0.25) is 11.8 Å². The lowest BCUT2D eigenvalue weighted by atomic mass is 10.4. The van der Waals surface area contributed by atoms with E-state index in [1.807, 2.05) is 0 Å². The molecule has 0 N–H and O–H groups in total. The van der Waals surface area contributed by atoms with Gasteiger partial charge < -0.3 is 9.47 Å². The van der Waals surface area contributed by atoms with E-state index in [-0.39, 0.29) is 0 Å². The normalized spacial score (nSPS) is 9.93. The molecular weight excluding hydrogens is 200 g/mol. The van der Waals surface area contributed by atoms with Gasteiger partial charge in [-0.15, -0.1) is 0 Å². The fourth-order valence-corrected chi connectivity index (χ4v) is 1.35. The molecule has 0 atom stereocenters. The van der Waals surface area contributed by atoms with Crippen LogP contribution in [-0.4, -0.2) is 36.2 Å².